The summed E-state index contributed by atoms with van der Waals surface area (Å²) in [7, 11) is 3.80. The van der Waals surface area contributed by atoms with Gasteiger partial charge in [0.1, 0.15) is 4.88 Å². The van der Waals surface area contributed by atoms with E-state index in [0.29, 0.717) is 24.0 Å². The molecule has 0 radical (unpaired) electrons. The number of carbonyl (C=O) groups excluding carboxylic acids is 1. The summed E-state index contributed by atoms with van der Waals surface area (Å²) >= 11 is 1.40. The van der Waals surface area contributed by atoms with Crippen molar-refractivity contribution >= 4 is 28.3 Å². The molecule has 0 bridgehead atoms. The van der Waals surface area contributed by atoms with Gasteiger partial charge >= 0.3 is 5.97 Å². The summed E-state index contributed by atoms with van der Waals surface area (Å²) < 4.78 is 5.04. The van der Waals surface area contributed by atoms with Gasteiger partial charge in [0, 0.05) is 38.6 Å². The third-order valence-electron chi connectivity index (χ3n) is 2.94. The number of ether oxygens (including phenoxy) is 1. The Bertz CT molecular complexity index is 637. The first-order chi connectivity index (χ1) is 10.5. The summed E-state index contributed by atoms with van der Waals surface area (Å²) in [5, 5.41) is 4.21. The number of esters is 1. The fraction of sp³-hybridized carbons (Fsp3) is 0.400. The Morgan fingerprint density at radius 1 is 1.36 bits per heavy atom. The molecule has 0 spiro atoms. The Hall–Kier alpha value is -2.15. The monoisotopic (exact) mass is 320 g/mol. The molecule has 0 saturated heterocycles. The average molecular weight is 320 g/mol. The lowest BCUT2D eigenvalue weighted by Gasteiger charge is -2.10. The van der Waals surface area contributed by atoms with Crippen molar-refractivity contribution < 1.29 is 9.53 Å². The number of aryl methyl sites for hydroxylation is 1. The second-order valence-corrected chi connectivity index (χ2v) is 6.03. The number of nitrogens with one attached hydrogen (secondary N) is 1. The van der Waals surface area contributed by atoms with E-state index >= 15 is 0 Å². The first-order valence-electron chi connectivity index (χ1n) is 7.01. The van der Waals surface area contributed by atoms with E-state index in [1.807, 2.05) is 32.0 Å². The van der Waals surface area contributed by atoms with E-state index in [4.69, 9.17) is 4.74 Å². The molecular weight excluding hydrogens is 300 g/mol. The van der Waals surface area contributed by atoms with Crippen LogP contribution in [0.4, 0.5) is 10.9 Å². The molecule has 0 aliphatic heterocycles. The van der Waals surface area contributed by atoms with Crippen LogP contribution in [0.1, 0.15) is 27.7 Å². The van der Waals surface area contributed by atoms with Crippen molar-refractivity contribution in [2.75, 3.05) is 30.9 Å². The minimum atomic E-state index is -0.267. The third-order valence-corrected chi connectivity index (χ3v) is 4.11. The molecule has 118 valence electrons. The molecule has 0 unspecified atom stereocenters. The third kappa shape index (κ3) is 3.94. The molecule has 0 atom stereocenters. The lowest BCUT2D eigenvalue weighted by atomic mass is 10.3. The van der Waals surface area contributed by atoms with Crippen molar-refractivity contribution in [2.45, 2.75) is 20.4 Å². The highest BCUT2D eigenvalue weighted by molar-refractivity contribution is 7.18. The van der Waals surface area contributed by atoms with Crippen LogP contribution in [-0.2, 0) is 11.3 Å². The molecule has 7 heteroatoms. The molecule has 1 N–H and O–H groups in total. The SMILES string of the molecule is CCOC(=O)c1sc(NCc2cnc(N(C)C)nc2)cc1C. The molecule has 0 aliphatic rings. The number of thiophene rings is 1. The summed E-state index contributed by atoms with van der Waals surface area (Å²) in [6.07, 6.45) is 3.59. The molecule has 2 aromatic rings. The standard InChI is InChI=1S/C15H20N4O2S/c1-5-21-14(20)13-10(2)6-12(22-13)16-7-11-8-17-15(18-9-11)19(3)4/h6,8-9,16H,5,7H2,1-4H3. The molecule has 2 rings (SSSR count). The van der Waals surface area contributed by atoms with Crippen LogP contribution in [0.15, 0.2) is 18.5 Å². The number of anilines is 2. The van der Waals surface area contributed by atoms with Gasteiger partial charge in [-0.05, 0) is 25.5 Å². The van der Waals surface area contributed by atoms with Crippen LogP contribution in [-0.4, -0.2) is 36.6 Å². The molecule has 2 heterocycles. The molecule has 22 heavy (non-hydrogen) atoms. The second kappa shape index (κ2) is 7.22. The van der Waals surface area contributed by atoms with Crippen LogP contribution in [0.5, 0.6) is 0 Å². The summed E-state index contributed by atoms with van der Waals surface area (Å²) in [4.78, 5) is 22.8. The van der Waals surface area contributed by atoms with Gasteiger partial charge in [0.05, 0.1) is 11.6 Å². The van der Waals surface area contributed by atoms with E-state index in [0.717, 1.165) is 16.1 Å². The van der Waals surface area contributed by atoms with E-state index in [1.54, 1.807) is 19.3 Å². The van der Waals surface area contributed by atoms with Crippen molar-refractivity contribution in [2.24, 2.45) is 0 Å². The predicted molar refractivity (Wildman–Crippen MR) is 88.7 cm³/mol. The summed E-state index contributed by atoms with van der Waals surface area (Å²) in [6, 6.07) is 1.95. The van der Waals surface area contributed by atoms with Crippen LogP contribution in [0.2, 0.25) is 0 Å². The van der Waals surface area contributed by atoms with Gasteiger partial charge in [-0.15, -0.1) is 11.3 Å². The van der Waals surface area contributed by atoms with Gasteiger partial charge in [0.15, 0.2) is 0 Å². The van der Waals surface area contributed by atoms with Gasteiger partial charge in [0.25, 0.3) is 0 Å². The van der Waals surface area contributed by atoms with Crippen LogP contribution >= 0.6 is 11.3 Å². The number of aromatic nitrogens is 2. The average Bonchev–Trinajstić information content (AvgIpc) is 2.87. The van der Waals surface area contributed by atoms with E-state index in [2.05, 4.69) is 15.3 Å². The van der Waals surface area contributed by atoms with Gasteiger partial charge in [-0.25, -0.2) is 14.8 Å². The van der Waals surface area contributed by atoms with Crippen molar-refractivity contribution in [1.29, 1.82) is 0 Å². The zero-order valence-corrected chi connectivity index (χ0v) is 14.0. The van der Waals surface area contributed by atoms with Crippen molar-refractivity contribution in [1.82, 2.24) is 9.97 Å². The largest absolute Gasteiger partial charge is 0.462 e. The molecule has 0 amide bonds. The Labute approximate surface area is 134 Å². The Kier molecular flexibility index (Phi) is 5.32. The number of rotatable bonds is 6. The van der Waals surface area contributed by atoms with Crippen molar-refractivity contribution in [3.63, 3.8) is 0 Å². The van der Waals surface area contributed by atoms with Crippen molar-refractivity contribution in [3.05, 3.63) is 34.5 Å². The van der Waals surface area contributed by atoms with Crippen LogP contribution in [0, 0.1) is 6.92 Å². The summed E-state index contributed by atoms with van der Waals surface area (Å²) in [5.41, 5.74) is 1.90. The van der Waals surface area contributed by atoms with E-state index in [-0.39, 0.29) is 5.97 Å². The van der Waals surface area contributed by atoms with Gasteiger partial charge in [-0.3, -0.25) is 0 Å². The van der Waals surface area contributed by atoms with Gasteiger partial charge in [-0.2, -0.15) is 0 Å². The molecular formula is C15H20N4O2S. The molecule has 2 aromatic heterocycles. The molecule has 6 nitrogen and oxygen atoms in total. The van der Waals surface area contributed by atoms with Crippen molar-refractivity contribution in [3.8, 4) is 0 Å². The number of carbonyl (C=O) groups is 1. The smallest absolute Gasteiger partial charge is 0.348 e. The van der Waals surface area contributed by atoms with Gasteiger partial charge in [-0.1, -0.05) is 0 Å². The lowest BCUT2D eigenvalue weighted by molar-refractivity contribution is 0.0531. The number of nitrogens with zero attached hydrogens (tertiary/aromatic N) is 3. The number of hydrogen-bond donors (Lipinski definition) is 1. The first kappa shape index (κ1) is 16.2. The Balaban J connectivity index is 1.99. The van der Waals surface area contributed by atoms with Gasteiger partial charge in [0.2, 0.25) is 5.95 Å². The highest BCUT2D eigenvalue weighted by atomic mass is 32.1. The second-order valence-electron chi connectivity index (χ2n) is 4.98. The Morgan fingerprint density at radius 2 is 2.05 bits per heavy atom. The zero-order chi connectivity index (χ0) is 16.1. The normalized spacial score (nSPS) is 10.4. The van der Waals surface area contributed by atoms with E-state index in [1.165, 1.54) is 11.3 Å². The highest BCUT2D eigenvalue weighted by Gasteiger charge is 2.14. The maximum Gasteiger partial charge on any atom is 0.348 e. The summed E-state index contributed by atoms with van der Waals surface area (Å²) in [6.45, 7) is 4.70. The fourth-order valence-electron chi connectivity index (χ4n) is 1.83. The topological polar surface area (TPSA) is 67.3 Å². The first-order valence-corrected chi connectivity index (χ1v) is 7.82. The van der Waals surface area contributed by atoms with E-state index < -0.39 is 0 Å². The maximum atomic E-state index is 11.8. The quantitative estimate of drug-likeness (QED) is 0.826. The maximum absolute atomic E-state index is 11.8. The van der Waals surface area contributed by atoms with Crippen LogP contribution < -0.4 is 10.2 Å². The predicted octanol–water partition coefficient (Wildman–Crippen LogP) is 2.70. The number of hydrogen-bond acceptors (Lipinski definition) is 7. The summed E-state index contributed by atoms with van der Waals surface area (Å²) in [5.74, 6) is 0.414. The van der Waals surface area contributed by atoms with Crippen LogP contribution in [0.3, 0.4) is 0 Å². The fourth-order valence-corrected chi connectivity index (χ4v) is 2.79. The highest BCUT2D eigenvalue weighted by Crippen LogP contribution is 2.27. The van der Waals surface area contributed by atoms with E-state index in [9.17, 15) is 4.79 Å². The molecule has 0 aromatic carbocycles. The Morgan fingerprint density at radius 3 is 2.64 bits per heavy atom. The molecule has 0 fully saturated rings. The molecule has 0 saturated carbocycles. The lowest BCUT2D eigenvalue weighted by Crippen LogP contribution is -2.12. The minimum absolute atomic E-state index is 0.267. The van der Waals surface area contributed by atoms with Gasteiger partial charge < -0.3 is 15.0 Å². The molecule has 0 aliphatic carbocycles. The zero-order valence-electron chi connectivity index (χ0n) is 13.2. The minimum Gasteiger partial charge on any atom is -0.462 e. The van der Waals surface area contributed by atoms with Crippen LogP contribution in [0.25, 0.3) is 0 Å².